The summed E-state index contributed by atoms with van der Waals surface area (Å²) < 4.78 is 0. The molecule has 0 saturated heterocycles. The molecule has 1 atom stereocenters. The van der Waals surface area contributed by atoms with E-state index in [0.717, 1.165) is 38.5 Å². The molecule has 1 N–H and O–H groups in total. The molecule has 0 radical (unpaired) electrons. The van der Waals surface area contributed by atoms with Crippen LogP contribution in [0.25, 0.3) is 0 Å². The minimum absolute atomic E-state index is 0.0949. The Kier molecular flexibility index (Phi) is 11.2. The lowest BCUT2D eigenvalue weighted by atomic mass is 10.1. The van der Waals surface area contributed by atoms with Gasteiger partial charge in [-0.15, -0.1) is 11.8 Å². The van der Waals surface area contributed by atoms with Crippen LogP contribution >= 0.6 is 0 Å². The van der Waals surface area contributed by atoms with Gasteiger partial charge in [-0.25, -0.2) is 0 Å². The topological polar surface area (TPSA) is 20.2 Å². The van der Waals surface area contributed by atoms with Crippen molar-refractivity contribution in [1.29, 1.82) is 0 Å². The van der Waals surface area contributed by atoms with Crippen molar-refractivity contribution in [2.24, 2.45) is 0 Å². The Balaban J connectivity index is 3.15. The summed E-state index contributed by atoms with van der Waals surface area (Å²) in [4.78, 5) is 0. The summed E-state index contributed by atoms with van der Waals surface area (Å²) in [5, 5.41) is 9.32. The number of aliphatic hydroxyl groups excluding tert-OH is 1. The van der Waals surface area contributed by atoms with Crippen molar-refractivity contribution < 1.29 is 5.11 Å². The minimum atomic E-state index is -0.0949. The van der Waals surface area contributed by atoms with E-state index < -0.39 is 0 Å². The lowest BCUT2D eigenvalue weighted by Crippen LogP contribution is -2.03. The van der Waals surface area contributed by atoms with E-state index in [1.165, 1.54) is 19.3 Å². The number of aliphatic hydroxyl groups is 1. The third-order valence-electron chi connectivity index (χ3n) is 2.59. The van der Waals surface area contributed by atoms with Crippen molar-refractivity contribution in [3.05, 3.63) is 0 Å². The second-order valence-electron chi connectivity index (χ2n) is 4.12. The van der Waals surface area contributed by atoms with Crippen molar-refractivity contribution in [2.45, 2.75) is 77.7 Å². The molecule has 1 nitrogen and oxygen atoms in total. The van der Waals surface area contributed by atoms with Gasteiger partial charge >= 0.3 is 0 Å². The van der Waals surface area contributed by atoms with Crippen LogP contribution in [0.3, 0.4) is 0 Å². The second kappa shape index (κ2) is 11.6. The molecule has 1 unspecified atom stereocenters. The van der Waals surface area contributed by atoms with E-state index in [1.54, 1.807) is 0 Å². The van der Waals surface area contributed by atoms with Crippen LogP contribution < -0.4 is 0 Å². The zero-order valence-corrected chi connectivity index (χ0v) is 10.4. The molecular weight excluding hydrogens is 184 g/mol. The molecule has 0 aromatic heterocycles. The fourth-order valence-corrected chi connectivity index (χ4v) is 1.44. The SMILES string of the molecule is CCCCCC#CCCCCC(O)CC. The van der Waals surface area contributed by atoms with Crippen LogP contribution in [0.5, 0.6) is 0 Å². The molecule has 0 spiro atoms. The standard InChI is InChI=1S/C14H26O/c1-3-5-6-7-8-9-10-11-12-13-14(15)4-2/h14-15H,3-7,10-13H2,1-2H3. The molecule has 0 rings (SSSR count). The third-order valence-corrected chi connectivity index (χ3v) is 2.59. The molecule has 0 fully saturated rings. The summed E-state index contributed by atoms with van der Waals surface area (Å²) in [6.07, 6.45) is 9.86. The Labute approximate surface area is 95.3 Å². The minimum Gasteiger partial charge on any atom is -0.393 e. The van der Waals surface area contributed by atoms with Crippen LogP contribution in [0.1, 0.15) is 71.6 Å². The summed E-state index contributed by atoms with van der Waals surface area (Å²) in [7, 11) is 0. The smallest absolute Gasteiger partial charge is 0.0537 e. The van der Waals surface area contributed by atoms with E-state index in [9.17, 15) is 5.11 Å². The molecule has 0 aliphatic rings. The molecule has 0 aliphatic heterocycles. The van der Waals surface area contributed by atoms with Gasteiger partial charge in [-0.2, -0.15) is 0 Å². The van der Waals surface area contributed by atoms with Crippen LogP contribution in [-0.4, -0.2) is 11.2 Å². The molecule has 0 aliphatic carbocycles. The molecule has 1 heteroatoms. The van der Waals surface area contributed by atoms with Gasteiger partial charge in [0.15, 0.2) is 0 Å². The molecular formula is C14H26O. The molecule has 0 amide bonds. The largest absolute Gasteiger partial charge is 0.393 e. The predicted molar refractivity (Wildman–Crippen MR) is 66.7 cm³/mol. The van der Waals surface area contributed by atoms with E-state index in [2.05, 4.69) is 18.8 Å². The van der Waals surface area contributed by atoms with Gasteiger partial charge in [0.05, 0.1) is 6.10 Å². The first-order valence-electron chi connectivity index (χ1n) is 6.45. The Morgan fingerprint density at radius 1 is 0.933 bits per heavy atom. The highest BCUT2D eigenvalue weighted by molar-refractivity contribution is 4.98. The Hall–Kier alpha value is -0.480. The van der Waals surface area contributed by atoms with Crippen LogP contribution in [-0.2, 0) is 0 Å². The van der Waals surface area contributed by atoms with Gasteiger partial charge < -0.3 is 5.11 Å². The number of unbranched alkanes of at least 4 members (excludes halogenated alkanes) is 5. The predicted octanol–water partition coefficient (Wildman–Crippen LogP) is 3.90. The van der Waals surface area contributed by atoms with Gasteiger partial charge in [0.1, 0.15) is 0 Å². The van der Waals surface area contributed by atoms with E-state index in [4.69, 9.17) is 0 Å². The van der Waals surface area contributed by atoms with Crippen LogP contribution in [0.15, 0.2) is 0 Å². The summed E-state index contributed by atoms with van der Waals surface area (Å²) in [6, 6.07) is 0. The van der Waals surface area contributed by atoms with Gasteiger partial charge in [-0.05, 0) is 32.1 Å². The monoisotopic (exact) mass is 210 g/mol. The molecule has 0 aromatic carbocycles. The van der Waals surface area contributed by atoms with Crippen LogP contribution in [0.4, 0.5) is 0 Å². The maximum absolute atomic E-state index is 9.32. The van der Waals surface area contributed by atoms with Crippen LogP contribution in [0.2, 0.25) is 0 Å². The fourth-order valence-electron chi connectivity index (χ4n) is 1.44. The van der Waals surface area contributed by atoms with Gasteiger partial charge in [0, 0.05) is 12.8 Å². The lowest BCUT2D eigenvalue weighted by molar-refractivity contribution is 0.157. The third kappa shape index (κ3) is 11.4. The quantitative estimate of drug-likeness (QED) is 0.476. The molecule has 0 aromatic rings. The second-order valence-corrected chi connectivity index (χ2v) is 4.12. The zero-order chi connectivity index (χ0) is 11.4. The lowest BCUT2D eigenvalue weighted by Gasteiger charge is -2.04. The zero-order valence-electron chi connectivity index (χ0n) is 10.4. The van der Waals surface area contributed by atoms with Crippen molar-refractivity contribution >= 4 is 0 Å². The normalized spacial score (nSPS) is 11.9. The van der Waals surface area contributed by atoms with Crippen molar-refractivity contribution in [3.8, 4) is 11.8 Å². The highest BCUT2D eigenvalue weighted by Gasteiger charge is 1.98. The van der Waals surface area contributed by atoms with E-state index in [1.807, 2.05) is 6.92 Å². The number of rotatable bonds is 8. The highest BCUT2D eigenvalue weighted by Crippen LogP contribution is 2.05. The summed E-state index contributed by atoms with van der Waals surface area (Å²) in [5.41, 5.74) is 0. The van der Waals surface area contributed by atoms with Gasteiger partial charge in [-0.3, -0.25) is 0 Å². The highest BCUT2D eigenvalue weighted by atomic mass is 16.3. The van der Waals surface area contributed by atoms with Crippen molar-refractivity contribution in [3.63, 3.8) is 0 Å². The first-order chi connectivity index (χ1) is 7.31. The molecule has 88 valence electrons. The average Bonchev–Trinajstić information content (AvgIpc) is 2.26. The molecule has 0 bridgehead atoms. The summed E-state index contributed by atoms with van der Waals surface area (Å²) in [5.74, 6) is 6.41. The van der Waals surface area contributed by atoms with Gasteiger partial charge in [-0.1, -0.05) is 26.7 Å². The van der Waals surface area contributed by atoms with Crippen molar-refractivity contribution in [2.75, 3.05) is 0 Å². The molecule has 0 saturated carbocycles. The maximum Gasteiger partial charge on any atom is 0.0537 e. The van der Waals surface area contributed by atoms with Crippen LogP contribution in [0, 0.1) is 11.8 Å². The van der Waals surface area contributed by atoms with Crippen molar-refractivity contribution in [1.82, 2.24) is 0 Å². The molecule has 15 heavy (non-hydrogen) atoms. The van der Waals surface area contributed by atoms with Gasteiger partial charge in [0.2, 0.25) is 0 Å². The Morgan fingerprint density at radius 3 is 2.07 bits per heavy atom. The van der Waals surface area contributed by atoms with Gasteiger partial charge in [0.25, 0.3) is 0 Å². The number of hydrogen-bond acceptors (Lipinski definition) is 1. The average molecular weight is 210 g/mol. The fraction of sp³-hybridized carbons (Fsp3) is 0.857. The van der Waals surface area contributed by atoms with E-state index in [0.29, 0.717) is 0 Å². The first-order valence-corrected chi connectivity index (χ1v) is 6.45. The first kappa shape index (κ1) is 14.5. The Morgan fingerprint density at radius 2 is 1.53 bits per heavy atom. The molecule has 0 heterocycles. The maximum atomic E-state index is 9.32. The van der Waals surface area contributed by atoms with E-state index in [-0.39, 0.29) is 6.10 Å². The summed E-state index contributed by atoms with van der Waals surface area (Å²) >= 11 is 0. The summed E-state index contributed by atoms with van der Waals surface area (Å²) in [6.45, 7) is 4.24. The van der Waals surface area contributed by atoms with E-state index >= 15 is 0 Å². The number of hydrogen-bond donors (Lipinski definition) is 1. The Bertz CT molecular complexity index is 176.